The van der Waals surface area contributed by atoms with Gasteiger partial charge in [-0.15, -0.1) is 0 Å². The fourth-order valence-corrected chi connectivity index (χ4v) is 3.24. The van der Waals surface area contributed by atoms with E-state index < -0.39 is 6.04 Å². The molecule has 25 heavy (non-hydrogen) atoms. The molecule has 130 valence electrons. The highest BCUT2D eigenvalue weighted by Crippen LogP contribution is 2.25. The van der Waals surface area contributed by atoms with Crippen molar-refractivity contribution < 1.29 is 14.3 Å². The molecule has 0 N–H and O–H groups in total. The van der Waals surface area contributed by atoms with Crippen molar-refractivity contribution in [2.45, 2.75) is 38.3 Å². The number of pyridine rings is 1. The van der Waals surface area contributed by atoms with Gasteiger partial charge >= 0.3 is 5.97 Å². The normalized spacial score (nSPS) is 16.2. The van der Waals surface area contributed by atoms with Crippen LogP contribution in [0.3, 0.4) is 0 Å². The number of hydrogen-bond donors (Lipinski definition) is 0. The summed E-state index contributed by atoms with van der Waals surface area (Å²) >= 11 is 0. The summed E-state index contributed by atoms with van der Waals surface area (Å²) in [7, 11) is 1.37. The van der Waals surface area contributed by atoms with E-state index in [4.69, 9.17) is 4.74 Å². The third-order valence-corrected chi connectivity index (χ3v) is 4.59. The molecule has 1 aliphatic heterocycles. The predicted molar refractivity (Wildman–Crippen MR) is 93.7 cm³/mol. The van der Waals surface area contributed by atoms with Gasteiger partial charge in [0.25, 0.3) is 0 Å². The number of amides is 1. The lowest BCUT2D eigenvalue weighted by molar-refractivity contribution is -0.154. The van der Waals surface area contributed by atoms with Crippen molar-refractivity contribution in [1.82, 2.24) is 9.88 Å². The molecule has 1 amide bonds. The molecule has 5 heteroatoms. The fraction of sp³-hybridized carbons (Fsp3) is 0.350. The van der Waals surface area contributed by atoms with Crippen LogP contribution in [0.15, 0.2) is 48.7 Å². The van der Waals surface area contributed by atoms with Crippen LogP contribution >= 0.6 is 0 Å². The first kappa shape index (κ1) is 17.1. The standard InChI is InChI=1S/C20H22N2O3/c1-25-20(24)18-13-15-7-2-3-8-16(15)14-22(18)19(23)11-6-10-17-9-4-5-12-21-17/h2-5,7-9,12,18H,6,10-11,13-14H2,1H3. The SMILES string of the molecule is COC(=O)C1Cc2ccccc2CN1C(=O)CCCc1ccccn1. The van der Waals surface area contributed by atoms with Crippen LogP contribution in [0.2, 0.25) is 0 Å². The van der Waals surface area contributed by atoms with Crippen LogP contribution in [-0.4, -0.2) is 34.9 Å². The number of methoxy groups -OCH3 is 1. The van der Waals surface area contributed by atoms with E-state index in [9.17, 15) is 9.59 Å². The van der Waals surface area contributed by atoms with Crippen LogP contribution in [0.25, 0.3) is 0 Å². The van der Waals surface area contributed by atoms with Crippen LogP contribution in [-0.2, 0) is 33.7 Å². The molecule has 5 nitrogen and oxygen atoms in total. The van der Waals surface area contributed by atoms with Gasteiger partial charge in [0, 0.05) is 31.3 Å². The Hall–Kier alpha value is -2.69. The molecule has 0 spiro atoms. The minimum absolute atomic E-state index is 0.0131. The second-order valence-corrected chi connectivity index (χ2v) is 6.21. The minimum atomic E-state index is -0.540. The summed E-state index contributed by atoms with van der Waals surface area (Å²) in [5.41, 5.74) is 3.18. The van der Waals surface area contributed by atoms with E-state index in [0.717, 1.165) is 23.2 Å². The molecular formula is C20H22N2O3. The number of aromatic nitrogens is 1. The summed E-state index contributed by atoms with van der Waals surface area (Å²) in [6.07, 6.45) is 4.12. The summed E-state index contributed by atoms with van der Waals surface area (Å²) < 4.78 is 4.92. The number of aryl methyl sites for hydroxylation is 1. The number of esters is 1. The average molecular weight is 338 g/mol. The number of fused-ring (bicyclic) bond motifs is 1. The molecule has 1 atom stereocenters. The molecule has 0 saturated heterocycles. The molecule has 0 radical (unpaired) electrons. The second kappa shape index (κ2) is 7.92. The Balaban J connectivity index is 1.67. The van der Waals surface area contributed by atoms with E-state index >= 15 is 0 Å². The zero-order valence-electron chi connectivity index (χ0n) is 14.4. The molecule has 3 rings (SSSR count). The first-order chi connectivity index (χ1) is 12.2. The second-order valence-electron chi connectivity index (χ2n) is 6.21. The van der Waals surface area contributed by atoms with Gasteiger partial charge < -0.3 is 9.64 Å². The highest BCUT2D eigenvalue weighted by Gasteiger charge is 2.34. The number of benzene rings is 1. The van der Waals surface area contributed by atoms with Crippen molar-refractivity contribution in [3.8, 4) is 0 Å². The molecule has 0 aliphatic carbocycles. The lowest BCUT2D eigenvalue weighted by Crippen LogP contribution is -2.49. The monoisotopic (exact) mass is 338 g/mol. The summed E-state index contributed by atoms with van der Waals surface area (Å²) in [5.74, 6) is -0.367. The number of ether oxygens (including phenoxy) is 1. The van der Waals surface area contributed by atoms with Crippen LogP contribution in [0, 0.1) is 0 Å². The molecule has 1 aromatic heterocycles. The maximum Gasteiger partial charge on any atom is 0.328 e. The molecule has 1 aromatic carbocycles. The summed E-state index contributed by atoms with van der Waals surface area (Å²) in [4.78, 5) is 30.8. The first-order valence-electron chi connectivity index (χ1n) is 8.53. The molecule has 0 bridgehead atoms. The van der Waals surface area contributed by atoms with Crippen LogP contribution in [0.5, 0.6) is 0 Å². The third kappa shape index (κ3) is 4.05. The van der Waals surface area contributed by atoms with Crippen molar-refractivity contribution in [3.63, 3.8) is 0 Å². The van der Waals surface area contributed by atoms with E-state index in [1.807, 2.05) is 42.5 Å². The van der Waals surface area contributed by atoms with Gasteiger partial charge in [-0.1, -0.05) is 30.3 Å². The lowest BCUT2D eigenvalue weighted by Gasteiger charge is -2.35. The van der Waals surface area contributed by atoms with Gasteiger partial charge in [-0.2, -0.15) is 0 Å². The van der Waals surface area contributed by atoms with E-state index in [1.54, 1.807) is 11.1 Å². The molecule has 1 aliphatic rings. The highest BCUT2D eigenvalue weighted by molar-refractivity contribution is 5.85. The average Bonchev–Trinajstić information content (AvgIpc) is 2.67. The van der Waals surface area contributed by atoms with Crippen molar-refractivity contribution in [2.75, 3.05) is 7.11 Å². The van der Waals surface area contributed by atoms with E-state index in [2.05, 4.69) is 4.98 Å². The van der Waals surface area contributed by atoms with Crippen LogP contribution in [0.1, 0.15) is 29.7 Å². The van der Waals surface area contributed by atoms with Crippen molar-refractivity contribution in [1.29, 1.82) is 0 Å². The zero-order valence-corrected chi connectivity index (χ0v) is 14.4. The Morgan fingerprint density at radius 2 is 1.92 bits per heavy atom. The molecular weight excluding hydrogens is 316 g/mol. The quantitative estimate of drug-likeness (QED) is 0.786. The van der Waals surface area contributed by atoms with Gasteiger partial charge in [-0.3, -0.25) is 9.78 Å². The minimum Gasteiger partial charge on any atom is -0.467 e. The third-order valence-electron chi connectivity index (χ3n) is 4.59. The van der Waals surface area contributed by atoms with Gasteiger partial charge in [0.05, 0.1) is 7.11 Å². The highest BCUT2D eigenvalue weighted by atomic mass is 16.5. The number of carbonyl (C=O) groups excluding carboxylic acids is 2. The van der Waals surface area contributed by atoms with Gasteiger partial charge in [0.2, 0.25) is 5.91 Å². The Morgan fingerprint density at radius 3 is 2.64 bits per heavy atom. The molecule has 0 saturated carbocycles. The van der Waals surface area contributed by atoms with Crippen molar-refractivity contribution in [2.24, 2.45) is 0 Å². The van der Waals surface area contributed by atoms with E-state index in [0.29, 0.717) is 25.8 Å². The smallest absolute Gasteiger partial charge is 0.328 e. The number of rotatable bonds is 5. The molecule has 1 unspecified atom stereocenters. The number of hydrogen-bond acceptors (Lipinski definition) is 4. The molecule has 0 fully saturated rings. The van der Waals surface area contributed by atoms with Crippen LogP contribution < -0.4 is 0 Å². The molecule has 2 heterocycles. The van der Waals surface area contributed by atoms with E-state index in [1.165, 1.54) is 7.11 Å². The van der Waals surface area contributed by atoms with Gasteiger partial charge in [0.1, 0.15) is 6.04 Å². The predicted octanol–water partition coefficient (Wildman–Crippen LogP) is 2.53. The van der Waals surface area contributed by atoms with Crippen molar-refractivity contribution in [3.05, 3.63) is 65.5 Å². The maximum atomic E-state index is 12.7. The number of nitrogens with zero attached hydrogens (tertiary/aromatic N) is 2. The van der Waals surface area contributed by atoms with Crippen molar-refractivity contribution >= 4 is 11.9 Å². The molecule has 2 aromatic rings. The Kier molecular flexibility index (Phi) is 5.43. The Bertz CT molecular complexity index is 746. The Labute approximate surface area is 147 Å². The topological polar surface area (TPSA) is 59.5 Å². The first-order valence-corrected chi connectivity index (χ1v) is 8.53. The Morgan fingerprint density at radius 1 is 1.16 bits per heavy atom. The summed E-state index contributed by atoms with van der Waals surface area (Å²) in [6.45, 7) is 0.457. The zero-order chi connectivity index (χ0) is 17.6. The largest absolute Gasteiger partial charge is 0.467 e. The van der Waals surface area contributed by atoms with Gasteiger partial charge in [-0.05, 0) is 36.1 Å². The van der Waals surface area contributed by atoms with Gasteiger partial charge in [0.15, 0.2) is 0 Å². The van der Waals surface area contributed by atoms with E-state index in [-0.39, 0.29) is 11.9 Å². The summed E-state index contributed by atoms with van der Waals surface area (Å²) in [5, 5.41) is 0. The van der Waals surface area contributed by atoms with Crippen LogP contribution in [0.4, 0.5) is 0 Å². The summed E-state index contributed by atoms with van der Waals surface area (Å²) in [6, 6.07) is 13.2. The number of carbonyl (C=O) groups is 2. The fourth-order valence-electron chi connectivity index (χ4n) is 3.24. The van der Waals surface area contributed by atoms with Gasteiger partial charge in [-0.25, -0.2) is 4.79 Å². The maximum absolute atomic E-state index is 12.7. The lowest BCUT2D eigenvalue weighted by atomic mass is 9.93.